The Morgan fingerprint density at radius 3 is 2.07 bits per heavy atom. The molecule has 0 bridgehead atoms. The van der Waals surface area contributed by atoms with E-state index in [1.165, 1.54) is 11.3 Å². The van der Waals surface area contributed by atoms with Crippen LogP contribution in [0.2, 0.25) is 0 Å². The highest BCUT2D eigenvalue weighted by Gasteiger charge is 2.33. The molecule has 0 spiro atoms. The van der Waals surface area contributed by atoms with Gasteiger partial charge in [-0.25, -0.2) is 8.42 Å². The van der Waals surface area contributed by atoms with Gasteiger partial charge in [0.15, 0.2) is 0 Å². The van der Waals surface area contributed by atoms with Crippen molar-refractivity contribution in [3.63, 3.8) is 0 Å². The molecule has 0 aromatic heterocycles. The van der Waals surface area contributed by atoms with E-state index in [1.54, 1.807) is 43.3 Å². The van der Waals surface area contributed by atoms with Gasteiger partial charge in [-0.2, -0.15) is 0 Å². The maximum Gasteiger partial charge on any atom is 0.264 e. The van der Waals surface area contributed by atoms with Gasteiger partial charge in [-0.15, -0.1) is 0 Å². The van der Waals surface area contributed by atoms with E-state index in [9.17, 15) is 18.0 Å². The van der Waals surface area contributed by atoms with Crippen molar-refractivity contribution in [2.45, 2.75) is 83.3 Å². The monoisotopic (exact) mass is 575 g/mol. The van der Waals surface area contributed by atoms with E-state index in [-0.39, 0.29) is 23.4 Å². The number of hydrogen-bond donors (Lipinski definition) is 1. The molecule has 1 N–H and O–H groups in total. The first-order chi connectivity index (χ1) is 19.5. The maximum atomic E-state index is 14.1. The maximum absolute atomic E-state index is 14.1. The summed E-state index contributed by atoms with van der Waals surface area (Å²) < 4.78 is 29.0. The third kappa shape index (κ3) is 7.76. The van der Waals surface area contributed by atoms with Crippen molar-refractivity contribution in [3.05, 3.63) is 95.1 Å². The lowest BCUT2D eigenvalue weighted by molar-refractivity contribution is -0.139. The third-order valence-corrected chi connectivity index (χ3v) is 9.55. The molecule has 1 aliphatic carbocycles. The second kappa shape index (κ2) is 13.3. The molecule has 0 radical (unpaired) electrons. The number of benzene rings is 3. The fourth-order valence-corrected chi connectivity index (χ4v) is 6.65. The summed E-state index contributed by atoms with van der Waals surface area (Å²) in [5, 5.41) is 3.14. The molecule has 4 rings (SSSR count). The molecule has 7 nitrogen and oxygen atoms in total. The van der Waals surface area contributed by atoms with Crippen LogP contribution < -0.4 is 9.62 Å². The zero-order valence-electron chi connectivity index (χ0n) is 24.5. The Kier molecular flexibility index (Phi) is 9.86. The summed E-state index contributed by atoms with van der Waals surface area (Å²) in [6.45, 7) is 7.25. The van der Waals surface area contributed by atoms with Crippen molar-refractivity contribution in [2.24, 2.45) is 0 Å². The van der Waals surface area contributed by atoms with E-state index in [0.717, 1.165) is 52.2 Å². The van der Waals surface area contributed by atoms with Crippen LogP contribution in [0.5, 0.6) is 0 Å². The molecule has 1 aliphatic rings. The van der Waals surface area contributed by atoms with Crippen molar-refractivity contribution in [1.82, 2.24) is 10.2 Å². The minimum atomic E-state index is -4.08. The van der Waals surface area contributed by atoms with Crippen molar-refractivity contribution >= 4 is 27.5 Å². The normalized spacial score (nSPS) is 14.7. The number of carbonyl (C=O) groups excluding carboxylic acids is 2. The number of aryl methyl sites for hydroxylation is 3. The Hall–Kier alpha value is -3.65. The topological polar surface area (TPSA) is 86.8 Å². The Balaban J connectivity index is 1.67. The highest BCUT2D eigenvalue weighted by Crippen LogP contribution is 2.26. The van der Waals surface area contributed by atoms with Crippen LogP contribution in [0.25, 0.3) is 0 Å². The number of sulfonamides is 1. The number of amides is 2. The van der Waals surface area contributed by atoms with Gasteiger partial charge in [-0.05, 0) is 70.4 Å². The van der Waals surface area contributed by atoms with Crippen LogP contribution in [0.3, 0.4) is 0 Å². The predicted molar refractivity (Wildman–Crippen MR) is 163 cm³/mol. The van der Waals surface area contributed by atoms with Crippen molar-refractivity contribution in [3.8, 4) is 0 Å². The SMILES string of the molecule is Cc1ccc(N(CC(=O)N(Cc2cccc(C)c2)[C@@H](C)C(=O)NC2CCCCC2)S(=O)(=O)c2ccc(C)cc2)cc1. The quantitative estimate of drug-likeness (QED) is 0.337. The smallest absolute Gasteiger partial charge is 0.264 e. The predicted octanol–water partition coefficient (Wildman–Crippen LogP) is 5.67. The number of nitrogens with zero attached hydrogens (tertiary/aromatic N) is 2. The van der Waals surface area contributed by atoms with E-state index >= 15 is 0 Å². The van der Waals surface area contributed by atoms with Crippen molar-refractivity contribution < 1.29 is 18.0 Å². The van der Waals surface area contributed by atoms with Crippen LogP contribution in [0.4, 0.5) is 5.69 Å². The summed E-state index contributed by atoms with van der Waals surface area (Å²) in [5.74, 6) is -0.671. The Morgan fingerprint density at radius 1 is 0.854 bits per heavy atom. The molecule has 0 aliphatic heterocycles. The van der Waals surface area contributed by atoms with E-state index in [4.69, 9.17) is 0 Å². The van der Waals surface area contributed by atoms with Gasteiger partial charge in [0.2, 0.25) is 11.8 Å². The van der Waals surface area contributed by atoms with E-state index in [1.807, 2.05) is 57.2 Å². The zero-order chi connectivity index (χ0) is 29.6. The number of hydrogen-bond acceptors (Lipinski definition) is 4. The average Bonchev–Trinajstić information content (AvgIpc) is 2.95. The Morgan fingerprint density at radius 2 is 1.46 bits per heavy atom. The molecule has 3 aromatic carbocycles. The second-order valence-corrected chi connectivity index (χ2v) is 13.1. The summed E-state index contributed by atoms with van der Waals surface area (Å²) in [6.07, 6.45) is 5.19. The van der Waals surface area contributed by atoms with E-state index in [0.29, 0.717) is 5.69 Å². The summed E-state index contributed by atoms with van der Waals surface area (Å²) in [7, 11) is -4.08. The van der Waals surface area contributed by atoms with Crippen molar-refractivity contribution in [1.29, 1.82) is 0 Å². The summed E-state index contributed by atoms with van der Waals surface area (Å²) in [4.78, 5) is 29.1. The molecular weight excluding hydrogens is 534 g/mol. The fourth-order valence-electron chi connectivity index (χ4n) is 5.24. The molecule has 1 saturated carbocycles. The molecule has 1 fully saturated rings. The number of rotatable bonds is 10. The zero-order valence-corrected chi connectivity index (χ0v) is 25.3. The molecule has 0 saturated heterocycles. The summed E-state index contributed by atoms with van der Waals surface area (Å²) >= 11 is 0. The van der Waals surface area contributed by atoms with Gasteiger partial charge < -0.3 is 10.2 Å². The van der Waals surface area contributed by atoms with Crippen LogP contribution in [-0.2, 0) is 26.2 Å². The van der Waals surface area contributed by atoms with Crippen LogP contribution in [0, 0.1) is 20.8 Å². The molecule has 3 aromatic rings. The van der Waals surface area contributed by atoms with Crippen LogP contribution >= 0.6 is 0 Å². The van der Waals surface area contributed by atoms with Crippen LogP contribution in [0.15, 0.2) is 77.7 Å². The lowest BCUT2D eigenvalue weighted by atomic mass is 9.95. The van der Waals surface area contributed by atoms with E-state index < -0.39 is 28.5 Å². The molecule has 1 atom stereocenters. The van der Waals surface area contributed by atoms with Gasteiger partial charge in [-0.3, -0.25) is 13.9 Å². The molecule has 218 valence electrons. The third-order valence-electron chi connectivity index (χ3n) is 7.76. The second-order valence-electron chi connectivity index (χ2n) is 11.2. The lowest BCUT2D eigenvalue weighted by Crippen LogP contribution is -2.53. The van der Waals surface area contributed by atoms with Gasteiger partial charge in [0.05, 0.1) is 10.6 Å². The van der Waals surface area contributed by atoms with Gasteiger partial charge in [0, 0.05) is 12.6 Å². The first kappa shape index (κ1) is 30.3. The van der Waals surface area contributed by atoms with Gasteiger partial charge in [0.25, 0.3) is 10.0 Å². The van der Waals surface area contributed by atoms with Crippen LogP contribution in [0.1, 0.15) is 61.3 Å². The van der Waals surface area contributed by atoms with Crippen molar-refractivity contribution in [2.75, 3.05) is 10.8 Å². The Labute approximate surface area is 244 Å². The highest BCUT2D eigenvalue weighted by atomic mass is 32.2. The molecular formula is C33H41N3O4S. The Bertz CT molecular complexity index is 1450. The van der Waals surface area contributed by atoms with Crippen LogP contribution in [-0.4, -0.2) is 43.8 Å². The molecule has 8 heteroatoms. The average molecular weight is 576 g/mol. The van der Waals surface area contributed by atoms with Gasteiger partial charge >= 0.3 is 0 Å². The molecule has 41 heavy (non-hydrogen) atoms. The number of carbonyl (C=O) groups is 2. The van der Waals surface area contributed by atoms with Gasteiger partial charge in [0.1, 0.15) is 12.6 Å². The fraction of sp³-hybridized carbons (Fsp3) is 0.394. The van der Waals surface area contributed by atoms with E-state index in [2.05, 4.69) is 5.32 Å². The highest BCUT2D eigenvalue weighted by molar-refractivity contribution is 7.92. The molecule has 0 unspecified atom stereocenters. The largest absolute Gasteiger partial charge is 0.352 e. The van der Waals surface area contributed by atoms with Gasteiger partial charge in [-0.1, -0.05) is 84.5 Å². The first-order valence-electron chi connectivity index (χ1n) is 14.4. The standard InChI is InChI=1S/C33H41N3O4S/c1-24-13-17-30(18-14-24)36(41(39,40)31-19-15-25(2)16-20-31)23-32(37)35(22-28-10-8-9-26(3)21-28)27(4)33(38)34-29-11-6-5-7-12-29/h8-10,13-21,27,29H,5-7,11-12,22-23H2,1-4H3,(H,34,38)/t27-/m0/s1. The number of anilines is 1. The lowest BCUT2D eigenvalue weighted by Gasteiger charge is -2.33. The minimum absolute atomic E-state index is 0.0978. The molecule has 2 amide bonds. The minimum Gasteiger partial charge on any atom is -0.352 e. The summed E-state index contributed by atoms with van der Waals surface area (Å²) in [5.41, 5.74) is 4.21. The first-order valence-corrected chi connectivity index (χ1v) is 15.8. The molecule has 0 heterocycles. The summed E-state index contributed by atoms with van der Waals surface area (Å²) in [6, 6.07) is 20.7. The number of nitrogens with one attached hydrogen (secondary N) is 1.